The lowest BCUT2D eigenvalue weighted by Gasteiger charge is -2.16. The molecule has 0 aliphatic carbocycles. The molecule has 6 heteroatoms. The van der Waals surface area contributed by atoms with Crippen LogP contribution in [0.25, 0.3) is 0 Å². The van der Waals surface area contributed by atoms with E-state index >= 15 is 0 Å². The molecule has 1 heterocycles. The molecule has 23 heavy (non-hydrogen) atoms. The minimum absolute atomic E-state index is 0.0218. The highest BCUT2D eigenvalue weighted by molar-refractivity contribution is 6.21. The van der Waals surface area contributed by atoms with E-state index in [4.69, 9.17) is 0 Å². The second-order valence-corrected chi connectivity index (χ2v) is 5.41. The van der Waals surface area contributed by atoms with Crippen molar-refractivity contribution in [2.45, 2.75) is 26.2 Å². The first-order valence-electron chi connectivity index (χ1n) is 7.54. The van der Waals surface area contributed by atoms with E-state index in [0.29, 0.717) is 17.5 Å². The molecule has 122 valence electrons. The predicted molar refractivity (Wildman–Crippen MR) is 81.8 cm³/mol. The van der Waals surface area contributed by atoms with E-state index in [1.165, 1.54) is 7.11 Å². The molecular formula is C17H19NO5. The lowest BCUT2D eigenvalue weighted by atomic mass is 9.95. The van der Waals surface area contributed by atoms with Gasteiger partial charge in [-0.05, 0) is 18.6 Å². The molecule has 1 aliphatic rings. The Labute approximate surface area is 134 Å². The van der Waals surface area contributed by atoms with E-state index in [1.807, 2.05) is 6.92 Å². The van der Waals surface area contributed by atoms with Crippen LogP contribution in [0.1, 0.15) is 46.9 Å². The summed E-state index contributed by atoms with van der Waals surface area (Å²) in [6.07, 6.45) is 0.574. The first-order chi connectivity index (χ1) is 11.0. The third-order valence-corrected chi connectivity index (χ3v) is 4.05. The number of hydrogen-bond donors (Lipinski definition) is 0. The zero-order valence-corrected chi connectivity index (χ0v) is 13.2. The Morgan fingerprint density at radius 1 is 1.13 bits per heavy atom. The van der Waals surface area contributed by atoms with Gasteiger partial charge in [-0.15, -0.1) is 0 Å². The van der Waals surface area contributed by atoms with Crippen LogP contribution in [0.2, 0.25) is 0 Å². The molecule has 2 amide bonds. The summed E-state index contributed by atoms with van der Waals surface area (Å²) in [7, 11) is 1.28. The molecule has 0 bridgehead atoms. The first-order valence-corrected chi connectivity index (χ1v) is 7.54. The number of hydrogen-bond acceptors (Lipinski definition) is 5. The number of fused-ring (bicyclic) bond motifs is 1. The highest BCUT2D eigenvalue weighted by atomic mass is 16.5. The lowest BCUT2D eigenvalue weighted by molar-refractivity contribution is -0.144. The summed E-state index contributed by atoms with van der Waals surface area (Å²) in [4.78, 5) is 49.0. The molecule has 2 rings (SSSR count). The number of amides is 2. The van der Waals surface area contributed by atoms with E-state index in [0.717, 1.165) is 4.90 Å². The van der Waals surface area contributed by atoms with Gasteiger partial charge in [0, 0.05) is 18.9 Å². The number of nitrogens with zero attached hydrogens (tertiary/aromatic N) is 1. The van der Waals surface area contributed by atoms with E-state index in [-0.39, 0.29) is 37.0 Å². The van der Waals surface area contributed by atoms with Gasteiger partial charge in [0.25, 0.3) is 11.8 Å². The highest BCUT2D eigenvalue weighted by Crippen LogP contribution is 2.23. The highest BCUT2D eigenvalue weighted by Gasteiger charge is 2.35. The van der Waals surface area contributed by atoms with E-state index in [9.17, 15) is 19.2 Å². The summed E-state index contributed by atoms with van der Waals surface area (Å²) in [5.74, 6) is -1.78. The summed E-state index contributed by atoms with van der Waals surface area (Å²) in [6.45, 7) is 1.84. The molecule has 1 unspecified atom stereocenters. The number of esters is 1. The maximum atomic E-state index is 12.2. The van der Waals surface area contributed by atoms with Crippen molar-refractivity contribution in [1.82, 2.24) is 4.90 Å². The molecule has 0 radical (unpaired) electrons. The molecule has 0 saturated carbocycles. The largest absolute Gasteiger partial charge is 0.469 e. The zero-order valence-electron chi connectivity index (χ0n) is 13.2. The molecule has 1 aromatic carbocycles. The van der Waals surface area contributed by atoms with Crippen LogP contribution in [0, 0.1) is 5.92 Å². The van der Waals surface area contributed by atoms with Crippen LogP contribution >= 0.6 is 0 Å². The van der Waals surface area contributed by atoms with E-state index < -0.39 is 11.9 Å². The topological polar surface area (TPSA) is 80.8 Å². The average Bonchev–Trinajstić information content (AvgIpc) is 2.81. The van der Waals surface area contributed by atoms with Gasteiger partial charge in [0.2, 0.25) is 0 Å². The third-order valence-electron chi connectivity index (χ3n) is 4.05. The van der Waals surface area contributed by atoms with Crippen molar-refractivity contribution >= 4 is 23.6 Å². The number of Topliss-reactive ketones (excluding diaryl/α,β-unsaturated/α-hetero) is 1. The number of carbonyl (C=O) groups is 4. The van der Waals surface area contributed by atoms with Gasteiger partial charge in [-0.2, -0.15) is 0 Å². The molecule has 0 saturated heterocycles. The van der Waals surface area contributed by atoms with Crippen LogP contribution in [0.5, 0.6) is 0 Å². The number of benzene rings is 1. The van der Waals surface area contributed by atoms with Crippen molar-refractivity contribution < 1.29 is 23.9 Å². The smallest absolute Gasteiger partial charge is 0.306 e. The maximum absolute atomic E-state index is 12.2. The van der Waals surface area contributed by atoms with E-state index in [2.05, 4.69) is 4.74 Å². The number of ether oxygens (including phenoxy) is 1. The average molecular weight is 317 g/mol. The van der Waals surface area contributed by atoms with Gasteiger partial charge in [0.05, 0.1) is 24.7 Å². The zero-order chi connectivity index (χ0) is 17.0. The molecular weight excluding hydrogens is 298 g/mol. The third kappa shape index (κ3) is 3.47. The Balaban J connectivity index is 1.99. The summed E-state index contributed by atoms with van der Waals surface area (Å²) >= 11 is 0. The van der Waals surface area contributed by atoms with Gasteiger partial charge < -0.3 is 4.74 Å². The fourth-order valence-corrected chi connectivity index (χ4v) is 2.64. The lowest BCUT2D eigenvalue weighted by Crippen LogP contribution is -2.33. The van der Waals surface area contributed by atoms with Crippen LogP contribution in [-0.4, -0.2) is 42.1 Å². The van der Waals surface area contributed by atoms with E-state index in [1.54, 1.807) is 24.3 Å². The van der Waals surface area contributed by atoms with Crippen LogP contribution in [0.3, 0.4) is 0 Å². The summed E-state index contributed by atoms with van der Waals surface area (Å²) in [6, 6.07) is 6.59. The predicted octanol–water partition coefficient (Wildman–Crippen LogP) is 1.83. The maximum Gasteiger partial charge on any atom is 0.306 e. The number of imide groups is 1. The quantitative estimate of drug-likeness (QED) is 0.566. The fourth-order valence-electron chi connectivity index (χ4n) is 2.64. The molecule has 1 atom stereocenters. The van der Waals surface area contributed by atoms with Crippen molar-refractivity contribution in [1.29, 1.82) is 0 Å². The van der Waals surface area contributed by atoms with Gasteiger partial charge in [-0.25, -0.2) is 0 Å². The Bertz CT molecular complexity index is 617. The summed E-state index contributed by atoms with van der Waals surface area (Å²) in [5, 5.41) is 0. The van der Waals surface area contributed by atoms with Gasteiger partial charge >= 0.3 is 5.97 Å². The van der Waals surface area contributed by atoms with Gasteiger partial charge in [-0.3, -0.25) is 24.1 Å². The molecule has 0 spiro atoms. The van der Waals surface area contributed by atoms with Crippen molar-refractivity contribution in [2.24, 2.45) is 5.92 Å². The monoisotopic (exact) mass is 317 g/mol. The van der Waals surface area contributed by atoms with Crippen LogP contribution < -0.4 is 0 Å². The van der Waals surface area contributed by atoms with Gasteiger partial charge in [0.15, 0.2) is 0 Å². The minimum atomic E-state index is -0.447. The van der Waals surface area contributed by atoms with Crippen LogP contribution in [0.15, 0.2) is 24.3 Å². The second-order valence-electron chi connectivity index (χ2n) is 5.41. The minimum Gasteiger partial charge on any atom is -0.469 e. The van der Waals surface area contributed by atoms with Crippen molar-refractivity contribution in [3.05, 3.63) is 35.4 Å². The molecule has 1 aliphatic heterocycles. The molecule has 6 nitrogen and oxygen atoms in total. The van der Waals surface area contributed by atoms with Crippen molar-refractivity contribution in [3.63, 3.8) is 0 Å². The number of rotatable bonds is 7. The fraction of sp³-hybridized carbons (Fsp3) is 0.412. The normalized spacial score (nSPS) is 14.6. The van der Waals surface area contributed by atoms with Crippen LogP contribution in [0.4, 0.5) is 0 Å². The molecule has 0 N–H and O–H groups in total. The van der Waals surface area contributed by atoms with Crippen molar-refractivity contribution in [3.8, 4) is 0 Å². The van der Waals surface area contributed by atoms with Crippen LogP contribution in [-0.2, 0) is 14.3 Å². The SMILES string of the molecule is CCC(CC(=O)OC)C(=O)CCN1C(=O)c2ccccc2C1=O. The number of carbonyl (C=O) groups excluding carboxylic acids is 4. The Kier molecular flexibility index (Phi) is 5.26. The van der Waals surface area contributed by atoms with Crippen molar-refractivity contribution in [2.75, 3.05) is 13.7 Å². The Hall–Kier alpha value is -2.50. The first kappa shape index (κ1) is 16.9. The van der Waals surface area contributed by atoms with Gasteiger partial charge in [-0.1, -0.05) is 19.1 Å². The molecule has 0 aromatic heterocycles. The van der Waals surface area contributed by atoms with Gasteiger partial charge in [0.1, 0.15) is 5.78 Å². The second kappa shape index (κ2) is 7.17. The standard InChI is InChI=1S/C17H19NO5/c1-3-11(10-15(20)23-2)14(19)8-9-18-16(21)12-6-4-5-7-13(12)17(18)22/h4-7,11H,3,8-10H2,1-2H3. The summed E-state index contributed by atoms with van der Waals surface area (Å²) in [5.41, 5.74) is 0.734. The number of methoxy groups -OCH3 is 1. The molecule has 0 fully saturated rings. The Morgan fingerprint density at radius 3 is 2.17 bits per heavy atom. The summed E-state index contributed by atoms with van der Waals surface area (Å²) < 4.78 is 4.58. The number of ketones is 1. The Morgan fingerprint density at radius 2 is 1.70 bits per heavy atom. The molecule has 1 aromatic rings.